The van der Waals surface area contributed by atoms with Gasteiger partial charge in [0.1, 0.15) is 0 Å². The number of nitrogens with two attached hydrogens (primary N) is 1. The number of piperidine rings is 1. The summed E-state index contributed by atoms with van der Waals surface area (Å²) in [5, 5.41) is 1.98. The summed E-state index contributed by atoms with van der Waals surface area (Å²) < 4.78 is 0. The van der Waals surface area contributed by atoms with Crippen molar-refractivity contribution in [1.29, 1.82) is 0 Å². The molecule has 1 unspecified atom stereocenters. The Bertz CT molecular complexity index is 392. The van der Waals surface area contributed by atoms with Crippen LogP contribution in [0.5, 0.6) is 0 Å². The first-order valence-electron chi connectivity index (χ1n) is 6.18. The third-order valence-corrected chi connectivity index (χ3v) is 4.63. The maximum absolute atomic E-state index is 12.3. The van der Waals surface area contributed by atoms with Crippen molar-refractivity contribution >= 4 is 17.2 Å². The van der Waals surface area contributed by atoms with Gasteiger partial charge in [0.05, 0.1) is 4.88 Å². The van der Waals surface area contributed by atoms with Gasteiger partial charge in [-0.05, 0) is 49.6 Å². The highest BCUT2D eigenvalue weighted by molar-refractivity contribution is 7.12. The third kappa shape index (κ3) is 2.69. The van der Waals surface area contributed by atoms with Gasteiger partial charge in [-0.15, -0.1) is 11.3 Å². The minimum Gasteiger partial charge on any atom is -0.338 e. The summed E-state index contributed by atoms with van der Waals surface area (Å²) >= 11 is 1.54. The Morgan fingerprint density at radius 3 is 2.65 bits per heavy atom. The topological polar surface area (TPSA) is 46.3 Å². The van der Waals surface area contributed by atoms with Crippen LogP contribution in [0.15, 0.2) is 11.4 Å². The summed E-state index contributed by atoms with van der Waals surface area (Å²) in [4.78, 5) is 15.1. The Hall–Kier alpha value is -0.870. The molecule has 0 aliphatic carbocycles. The number of rotatable bonds is 2. The van der Waals surface area contributed by atoms with Crippen LogP contribution in [0.2, 0.25) is 0 Å². The second kappa shape index (κ2) is 5.19. The molecule has 1 aliphatic rings. The molecule has 0 spiro atoms. The SMILES string of the molecule is Cc1ccsc1C(=O)N1CCC(C(C)N)CC1. The molecule has 0 aromatic carbocycles. The maximum atomic E-state index is 12.3. The molecule has 1 aromatic heterocycles. The Kier molecular flexibility index (Phi) is 3.84. The number of carbonyl (C=O) groups is 1. The van der Waals surface area contributed by atoms with Crippen molar-refractivity contribution in [2.75, 3.05) is 13.1 Å². The van der Waals surface area contributed by atoms with Crippen LogP contribution in [0.1, 0.15) is 35.0 Å². The molecule has 2 heterocycles. The standard InChI is InChI=1S/C13H20N2OS/c1-9-5-8-17-12(9)13(16)15-6-3-11(4-7-15)10(2)14/h5,8,10-11H,3-4,6-7,14H2,1-2H3. The van der Waals surface area contributed by atoms with Gasteiger partial charge in [-0.25, -0.2) is 0 Å². The van der Waals surface area contributed by atoms with E-state index >= 15 is 0 Å². The highest BCUT2D eigenvalue weighted by Gasteiger charge is 2.26. The van der Waals surface area contributed by atoms with Crippen LogP contribution >= 0.6 is 11.3 Å². The third-order valence-electron chi connectivity index (χ3n) is 3.63. The van der Waals surface area contributed by atoms with Crippen LogP contribution in [0.3, 0.4) is 0 Å². The Labute approximate surface area is 107 Å². The number of aryl methyl sites for hydroxylation is 1. The second-order valence-corrected chi connectivity index (χ2v) is 5.84. The van der Waals surface area contributed by atoms with Crippen LogP contribution < -0.4 is 5.73 Å². The number of nitrogens with zero attached hydrogens (tertiary/aromatic N) is 1. The Morgan fingerprint density at radius 2 is 2.18 bits per heavy atom. The average molecular weight is 252 g/mol. The van der Waals surface area contributed by atoms with Crippen molar-refractivity contribution < 1.29 is 4.79 Å². The number of carbonyl (C=O) groups excluding carboxylic acids is 1. The van der Waals surface area contributed by atoms with Gasteiger partial charge in [-0.2, -0.15) is 0 Å². The first kappa shape index (κ1) is 12.6. The van der Waals surface area contributed by atoms with E-state index in [1.807, 2.05) is 23.3 Å². The van der Waals surface area contributed by atoms with Crippen molar-refractivity contribution in [3.05, 3.63) is 21.9 Å². The molecule has 2 N–H and O–H groups in total. The van der Waals surface area contributed by atoms with E-state index in [0.717, 1.165) is 36.4 Å². The molecule has 1 aromatic rings. The lowest BCUT2D eigenvalue weighted by Crippen LogP contribution is -2.42. The van der Waals surface area contributed by atoms with Gasteiger partial charge in [0.2, 0.25) is 0 Å². The fourth-order valence-electron chi connectivity index (χ4n) is 2.36. The lowest BCUT2D eigenvalue weighted by molar-refractivity contribution is 0.0685. The van der Waals surface area contributed by atoms with E-state index in [9.17, 15) is 4.79 Å². The largest absolute Gasteiger partial charge is 0.338 e. The summed E-state index contributed by atoms with van der Waals surface area (Å²) in [5.74, 6) is 0.768. The van der Waals surface area contributed by atoms with Gasteiger partial charge < -0.3 is 10.6 Å². The van der Waals surface area contributed by atoms with Crippen molar-refractivity contribution in [2.24, 2.45) is 11.7 Å². The molecule has 4 heteroatoms. The van der Waals surface area contributed by atoms with Crippen LogP contribution in [-0.2, 0) is 0 Å². The maximum Gasteiger partial charge on any atom is 0.264 e. The fourth-order valence-corrected chi connectivity index (χ4v) is 3.26. The molecular weight excluding hydrogens is 232 g/mol. The number of thiophene rings is 1. The normalized spacial score (nSPS) is 19.4. The predicted molar refractivity (Wildman–Crippen MR) is 71.3 cm³/mol. The van der Waals surface area contributed by atoms with Gasteiger partial charge in [-0.3, -0.25) is 4.79 Å². The van der Waals surface area contributed by atoms with Crippen LogP contribution in [0.4, 0.5) is 0 Å². The molecular formula is C13H20N2OS. The molecule has 0 radical (unpaired) electrons. The molecule has 17 heavy (non-hydrogen) atoms. The van der Waals surface area contributed by atoms with Gasteiger partial charge in [-0.1, -0.05) is 0 Å². The van der Waals surface area contributed by atoms with E-state index in [2.05, 4.69) is 6.92 Å². The van der Waals surface area contributed by atoms with E-state index in [1.165, 1.54) is 0 Å². The molecule has 94 valence electrons. The van der Waals surface area contributed by atoms with Crippen molar-refractivity contribution in [1.82, 2.24) is 4.90 Å². The lowest BCUT2D eigenvalue weighted by Gasteiger charge is -2.33. The van der Waals surface area contributed by atoms with Gasteiger partial charge >= 0.3 is 0 Å². The van der Waals surface area contributed by atoms with E-state index in [0.29, 0.717) is 5.92 Å². The Balaban J connectivity index is 1.98. The first-order chi connectivity index (χ1) is 8.09. The van der Waals surface area contributed by atoms with E-state index in [1.54, 1.807) is 11.3 Å². The molecule has 1 amide bonds. The van der Waals surface area contributed by atoms with Gasteiger partial charge in [0.15, 0.2) is 0 Å². The van der Waals surface area contributed by atoms with Crippen LogP contribution in [0, 0.1) is 12.8 Å². The first-order valence-corrected chi connectivity index (χ1v) is 7.06. The van der Waals surface area contributed by atoms with Crippen molar-refractivity contribution in [2.45, 2.75) is 32.7 Å². The van der Waals surface area contributed by atoms with E-state index < -0.39 is 0 Å². The summed E-state index contributed by atoms with van der Waals surface area (Å²) in [5.41, 5.74) is 7.00. The average Bonchev–Trinajstić information content (AvgIpc) is 2.74. The van der Waals surface area contributed by atoms with Crippen molar-refractivity contribution in [3.63, 3.8) is 0 Å². The molecule has 1 atom stereocenters. The minimum atomic E-state index is 0.195. The van der Waals surface area contributed by atoms with Gasteiger partial charge in [0, 0.05) is 19.1 Å². The van der Waals surface area contributed by atoms with Gasteiger partial charge in [0.25, 0.3) is 5.91 Å². The molecule has 1 aliphatic heterocycles. The summed E-state index contributed by atoms with van der Waals surface area (Å²) in [6.07, 6.45) is 2.07. The number of likely N-dealkylation sites (tertiary alicyclic amines) is 1. The molecule has 3 nitrogen and oxygen atoms in total. The highest BCUT2D eigenvalue weighted by atomic mass is 32.1. The zero-order valence-electron chi connectivity index (χ0n) is 10.5. The van der Waals surface area contributed by atoms with Crippen LogP contribution in [-0.4, -0.2) is 29.9 Å². The zero-order valence-corrected chi connectivity index (χ0v) is 11.3. The summed E-state index contributed by atoms with van der Waals surface area (Å²) in [6.45, 7) is 5.76. The number of amides is 1. The lowest BCUT2D eigenvalue weighted by atomic mass is 9.91. The summed E-state index contributed by atoms with van der Waals surface area (Å²) in [7, 11) is 0. The van der Waals surface area contributed by atoms with Crippen molar-refractivity contribution in [3.8, 4) is 0 Å². The minimum absolute atomic E-state index is 0.195. The molecule has 1 saturated heterocycles. The molecule has 1 fully saturated rings. The Morgan fingerprint density at radius 1 is 1.53 bits per heavy atom. The second-order valence-electron chi connectivity index (χ2n) is 4.92. The summed E-state index contributed by atoms with van der Waals surface area (Å²) in [6, 6.07) is 2.25. The number of hydrogen-bond acceptors (Lipinski definition) is 3. The number of hydrogen-bond donors (Lipinski definition) is 1. The quantitative estimate of drug-likeness (QED) is 0.877. The van der Waals surface area contributed by atoms with E-state index in [-0.39, 0.29) is 11.9 Å². The zero-order chi connectivity index (χ0) is 12.4. The molecule has 2 rings (SSSR count). The predicted octanol–water partition coefficient (Wildman–Crippen LogP) is 2.26. The fraction of sp³-hybridized carbons (Fsp3) is 0.615. The van der Waals surface area contributed by atoms with E-state index in [4.69, 9.17) is 5.73 Å². The smallest absolute Gasteiger partial charge is 0.264 e. The monoisotopic (exact) mass is 252 g/mol. The molecule has 0 bridgehead atoms. The highest BCUT2D eigenvalue weighted by Crippen LogP contribution is 2.23. The molecule has 0 saturated carbocycles. The van der Waals surface area contributed by atoms with Crippen LogP contribution in [0.25, 0.3) is 0 Å².